The topological polar surface area (TPSA) is 224 Å². The van der Waals surface area contributed by atoms with Crippen LogP contribution in [0.4, 0.5) is 58.4 Å². The van der Waals surface area contributed by atoms with E-state index in [4.69, 9.17) is 50.8 Å². The molecular formula is C48H34Cl4F12N14O4. The van der Waals surface area contributed by atoms with Crippen LogP contribution >= 0.6 is 46.4 Å². The van der Waals surface area contributed by atoms with Crippen molar-refractivity contribution in [2.24, 2.45) is 5.73 Å². The predicted octanol–water partition coefficient (Wildman–Crippen LogP) is 11.7. The summed E-state index contributed by atoms with van der Waals surface area (Å²) in [4.78, 5) is 51.2. The maximum atomic E-state index is 13.5. The van der Waals surface area contributed by atoms with E-state index in [0.29, 0.717) is 11.1 Å². The fraction of sp³-hybridized carbons (Fsp3) is 0.208. The van der Waals surface area contributed by atoms with E-state index in [0.717, 1.165) is 15.4 Å². The lowest BCUT2D eigenvalue weighted by atomic mass is 10.1. The van der Waals surface area contributed by atoms with Gasteiger partial charge in [-0.25, -0.2) is 29.1 Å². The van der Waals surface area contributed by atoms with Gasteiger partial charge in [0.1, 0.15) is 22.8 Å². The zero-order chi connectivity index (χ0) is 60.6. The summed E-state index contributed by atoms with van der Waals surface area (Å²) >= 11 is 24.6. The third-order valence-corrected chi connectivity index (χ3v) is 12.1. The van der Waals surface area contributed by atoms with E-state index >= 15 is 0 Å². The SMILES string of the molecule is CN.CNC(=O)c1cc(Cl)cc(C)c1NC(=O)c1cc(Cn2nc(C(F)(F)F)cc2C(F)(F)F)nn1-c1ncccc1Cl.Cc1cc(Cl)cc2c(=O)oc(-c3cc(Cn4nc(C(F)(F)F)cc4C(F)(F)F)nn3-c3ncccc3Cl)nc12. The Morgan fingerprint density at radius 2 is 1.11 bits per heavy atom. The zero-order valence-electron chi connectivity index (χ0n) is 41.7. The fourth-order valence-corrected chi connectivity index (χ4v) is 8.60. The maximum Gasteiger partial charge on any atom is 0.435 e. The van der Waals surface area contributed by atoms with E-state index in [1.807, 2.05) is 0 Å². The first-order chi connectivity index (χ1) is 38.3. The minimum Gasteiger partial charge on any atom is -0.401 e. The lowest BCUT2D eigenvalue weighted by Gasteiger charge is -2.14. The first-order valence-corrected chi connectivity index (χ1v) is 24.2. The molecule has 9 aromatic rings. The number of anilines is 1. The van der Waals surface area contributed by atoms with Gasteiger partial charge in [0, 0.05) is 41.6 Å². The number of aryl methyl sites for hydroxylation is 2. The van der Waals surface area contributed by atoms with Crippen LogP contribution in [0.25, 0.3) is 34.1 Å². The summed E-state index contributed by atoms with van der Waals surface area (Å²) in [6.45, 7) is 1.49. The van der Waals surface area contributed by atoms with Crippen LogP contribution in [0.1, 0.15) is 66.1 Å². The number of aromatic nitrogens is 11. The van der Waals surface area contributed by atoms with Gasteiger partial charge >= 0.3 is 30.3 Å². The number of carbonyl (C=O) groups excluding carboxylic acids is 2. The molecule has 0 saturated heterocycles. The average Bonchev–Trinajstić information content (AvgIpc) is 3.19. The summed E-state index contributed by atoms with van der Waals surface area (Å²) in [5.74, 6) is -1.88. The minimum absolute atomic E-state index is 0.000601. The molecule has 0 aliphatic rings. The van der Waals surface area contributed by atoms with Crippen molar-refractivity contribution in [3.05, 3.63) is 172 Å². The molecule has 0 fully saturated rings. The molecule has 0 unspecified atom stereocenters. The number of halogens is 16. The van der Waals surface area contributed by atoms with Gasteiger partial charge in [-0.3, -0.25) is 19.0 Å². The molecule has 2 amide bonds. The van der Waals surface area contributed by atoms with Gasteiger partial charge in [-0.2, -0.15) is 73.1 Å². The maximum absolute atomic E-state index is 13.5. The molecule has 0 aliphatic heterocycles. The number of fused-ring (bicyclic) bond motifs is 1. The third-order valence-electron chi connectivity index (χ3n) is 11.1. The number of nitrogens with one attached hydrogen (secondary N) is 2. The molecule has 18 nitrogen and oxygen atoms in total. The molecule has 0 spiro atoms. The van der Waals surface area contributed by atoms with Crippen molar-refractivity contribution < 1.29 is 66.7 Å². The molecular weight excluding hydrogens is 1210 g/mol. The van der Waals surface area contributed by atoms with Crippen molar-refractivity contribution in [3.8, 4) is 23.2 Å². The van der Waals surface area contributed by atoms with Crippen LogP contribution in [0.15, 0.2) is 94.4 Å². The van der Waals surface area contributed by atoms with Gasteiger partial charge in [-0.15, -0.1) is 0 Å². The highest BCUT2D eigenvalue weighted by atomic mass is 35.5. The van der Waals surface area contributed by atoms with Crippen LogP contribution in [-0.2, 0) is 37.8 Å². The van der Waals surface area contributed by atoms with Gasteiger partial charge in [0.15, 0.2) is 23.0 Å². The summed E-state index contributed by atoms with van der Waals surface area (Å²) in [5.41, 5.74) is -2.70. The van der Waals surface area contributed by atoms with Crippen molar-refractivity contribution in [1.29, 1.82) is 0 Å². The molecule has 7 heterocycles. The predicted molar refractivity (Wildman–Crippen MR) is 272 cm³/mol. The Hall–Kier alpha value is -8.06. The van der Waals surface area contributed by atoms with E-state index in [2.05, 4.69) is 51.7 Å². The molecule has 432 valence electrons. The molecule has 82 heavy (non-hydrogen) atoms. The zero-order valence-corrected chi connectivity index (χ0v) is 44.7. The number of amides is 2. The van der Waals surface area contributed by atoms with E-state index in [1.54, 1.807) is 19.9 Å². The monoisotopic (exact) mass is 1240 g/mol. The summed E-state index contributed by atoms with van der Waals surface area (Å²) < 4.78 is 168. The van der Waals surface area contributed by atoms with Gasteiger partial charge in [0.2, 0.25) is 5.89 Å². The number of hydrogen-bond donors (Lipinski definition) is 3. The van der Waals surface area contributed by atoms with Crippen molar-refractivity contribution in [3.63, 3.8) is 0 Å². The summed E-state index contributed by atoms with van der Waals surface area (Å²) in [6, 6.07) is 13.6. The highest BCUT2D eigenvalue weighted by Gasteiger charge is 2.43. The molecule has 2 aromatic carbocycles. The van der Waals surface area contributed by atoms with E-state index < -0.39 is 78.0 Å². The average molecular weight is 1240 g/mol. The van der Waals surface area contributed by atoms with Crippen molar-refractivity contribution in [2.45, 2.75) is 51.6 Å². The highest BCUT2D eigenvalue weighted by molar-refractivity contribution is 6.33. The Kier molecular flexibility index (Phi) is 17.9. The second kappa shape index (κ2) is 23.8. The molecule has 0 radical (unpaired) electrons. The van der Waals surface area contributed by atoms with Gasteiger partial charge in [0.05, 0.1) is 56.7 Å². The Bertz CT molecular complexity index is 3940. The summed E-state index contributed by atoms with van der Waals surface area (Å²) in [5, 5.41) is 20.1. The third kappa shape index (κ3) is 13.5. The highest BCUT2D eigenvalue weighted by Crippen LogP contribution is 2.38. The second-order valence-corrected chi connectivity index (χ2v) is 18.4. The molecule has 34 heteroatoms. The van der Waals surface area contributed by atoms with Gasteiger partial charge in [0.25, 0.3) is 11.8 Å². The number of nitrogens with two attached hydrogens (primary N) is 1. The van der Waals surface area contributed by atoms with E-state index in [9.17, 15) is 67.1 Å². The number of hydrogen-bond acceptors (Lipinski definition) is 12. The van der Waals surface area contributed by atoms with Crippen molar-refractivity contribution in [1.82, 2.24) is 59.4 Å². The second-order valence-electron chi connectivity index (χ2n) is 16.7. The molecule has 9 rings (SSSR count). The first-order valence-electron chi connectivity index (χ1n) is 22.7. The Balaban J connectivity index is 0.000000229. The number of pyridine rings is 2. The van der Waals surface area contributed by atoms with Crippen LogP contribution < -0.4 is 22.0 Å². The Labute approximate surface area is 471 Å². The molecule has 0 saturated carbocycles. The molecule has 4 N–H and O–H groups in total. The lowest BCUT2D eigenvalue weighted by Crippen LogP contribution is -2.23. The number of nitrogens with zero attached hydrogens (tertiary/aromatic N) is 11. The molecule has 0 bridgehead atoms. The number of rotatable bonds is 10. The van der Waals surface area contributed by atoms with E-state index in [1.165, 1.54) is 75.0 Å². The standard InChI is InChI=1S/C24H17Cl2F6N7O2.C23H12Cl2F6N6O2.CH5N/c1-11-6-12(25)7-14(21(40)33-2)19(11)35-22(41)16-8-13(36-39(16)20-15(26)4-3-5-34-20)10-38-18(24(30,31)32)9-17(37-38)23(27,28)29;1-10-5-11(24)6-13-18(10)33-20(39-21(13)38)15-7-12(34-37(15)19-14(25)3-2-4-32-19)9-36-17(23(29,30)31)8-16(35-36)22(26,27)28;1-2/h3-9H,10H2,1-2H3,(H,33,40)(H,35,41);2-8H,9H2,1H3;2H2,1H3. The Morgan fingerprint density at radius 3 is 1.61 bits per heavy atom. The summed E-state index contributed by atoms with van der Waals surface area (Å²) in [6.07, 6.45) is -17.9. The number of benzene rings is 2. The molecule has 7 aromatic heterocycles. The van der Waals surface area contributed by atoms with Crippen molar-refractivity contribution in [2.75, 3.05) is 19.4 Å². The van der Waals surface area contributed by atoms with Crippen LogP contribution in [-0.4, -0.2) is 80.0 Å². The lowest BCUT2D eigenvalue weighted by molar-refractivity contribution is -0.145. The van der Waals surface area contributed by atoms with Gasteiger partial charge in [-0.05, 0) is 92.7 Å². The molecule has 0 aliphatic carbocycles. The van der Waals surface area contributed by atoms with Crippen molar-refractivity contribution >= 4 is 74.8 Å². The molecule has 0 atom stereocenters. The smallest absolute Gasteiger partial charge is 0.401 e. The van der Waals surface area contributed by atoms with E-state index in [-0.39, 0.29) is 104 Å². The Morgan fingerprint density at radius 1 is 0.622 bits per heavy atom. The number of carbonyl (C=O) groups is 2. The van der Waals surface area contributed by atoms with Crippen LogP contribution in [0.2, 0.25) is 20.1 Å². The normalized spacial score (nSPS) is 12.0. The minimum atomic E-state index is -5.17. The largest absolute Gasteiger partial charge is 0.435 e. The quantitative estimate of drug-likeness (QED) is 0.109. The van der Waals surface area contributed by atoms with Crippen LogP contribution in [0.5, 0.6) is 0 Å². The summed E-state index contributed by atoms with van der Waals surface area (Å²) in [7, 11) is 2.86. The fourth-order valence-electron chi connectivity index (χ4n) is 7.65. The van der Waals surface area contributed by atoms with Gasteiger partial charge < -0.3 is 20.8 Å². The van der Waals surface area contributed by atoms with Crippen LogP contribution in [0, 0.1) is 13.8 Å². The number of alkyl halides is 12. The first kappa shape index (κ1) is 61.6. The van der Waals surface area contributed by atoms with Gasteiger partial charge in [-0.1, -0.05) is 46.4 Å². The van der Waals surface area contributed by atoms with Crippen LogP contribution in [0.3, 0.4) is 0 Å².